The zero-order valence-electron chi connectivity index (χ0n) is 44.2. The predicted molar refractivity (Wildman–Crippen MR) is 323 cm³/mol. The maximum absolute atomic E-state index is 2.72. The monoisotopic (exact) mass is 973 g/mol. The van der Waals surface area contributed by atoms with Crippen molar-refractivity contribution >= 4 is 0 Å². The summed E-state index contributed by atoms with van der Waals surface area (Å²) < 4.78 is 0. The molecule has 22 atom stereocenters. The third-order valence-electron chi connectivity index (χ3n) is 20.8. The van der Waals surface area contributed by atoms with E-state index in [9.17, 15) is 0 Å². The minimum Gasteiger partial charge on any atom is -0.0776 e. The van der Waals surface area contributed by atoms with E-state index in [1.54, 1.807) is 44.9 Å². The Labute approximate surface area is 444 Å². The molecule has 69 heavy (non-hydrogen) atoms. The van der Waals surface area contributed by atoms with Crippen molar-refractivity contribution in [2.45, 2.75) is 310 Å². The first-order valence-electron chi connectivity index (χ1n) is 28.8. The molecule has 0 spiro atoms. The van der Waals surface area contributed by atoms with E-state index in [2.05, 4.69) is 96.9 Å². The lowest BCUT2D eigenvalue weighted by molar-refractivity contribution is 0.0520. The molecule has 420 valence electrons. The van der Waals surface area contributed by atoms with Crippen LogP contribution in [0.15, 0.2) is 0 Å². The minimum atomic E-state index is 0. The highest BCUT2D eigenvalue weighted by atomic mass is 14.6. The third kappa shape index (κ3) is 20.9. The molecule has 0 aromatic carbocycles. The van der Waals surface area contributed by atoms with Gasteiger partial charge in [-0.2, -0.15) is 0 Å². The molecule has 6 aliphatic carbocycles. The van der Waals surface area contributed by atoms with Gasteiger partial charge in [0.15, 0.2) is 0 Å². The molecule has 6 aliphatic rings. The summed E-state index contributed by atoms with van der Waals surface area (Å²) in [6.07, 6.45) is 36.2. The zero-order valence-corrected chi connectivity index (χ0v) is 44.2. The second-order valence-electron chi connectivity index (χ2n) is 28.4. The van der Waals surface area contributed by atoms with Crippen LogP contribution in [0, 0.1) is 136 Å². The van der Waals surface area contributed by atoms with Gasteiger partial charge in [0.05, 0.1) is 0 Å². The number of hydrogen-bond donors (Lipinski definition) is 0. The Kier molecular flexibility index (Phi) is 35.2. The first-order chi connectivity index (χ1) is 28.8. The Hall–Kier alpha value is 0. The van der Waals surface area contributed by atoms with Crippen molar-refractivity contribution in [3.8, 4) is 0 Å². The molecule has 6 saturated carbocycles. The van der Waals surface area contributed by atoms with Gasteiger partial charge in [-0.15, -0.1) is 0 Å². The van der Waals surface area contributed by atoms with Crippen LogP contribution in [0.4, 0.5) is 0 Å². The maximum atomic E-state index is 2.72. The number of rotatable bonds is 19. The van der Waals surface area contributed by atoms with E-state index >= 15 is 0 Å². The lowest BCUT2D eigenvalue weighted by Crippen LogP contribution is -2.35. The summed E-state index contributed by atoms with van der Waals surface area (Å²) in [4.78, 5) is 0. The Morgan fingerprint density at radius 3 is 1.35 bits per heavy atom. The van der Waals surface area contributed by atoms with Crippen LogP contribution in [0.5, 0.6) is 0 Å². The van der Waals surface area contributed by atoms with E-state index in [0.717, 1.165) is 130 Å². The third-order valence-corrected chi connectivity index (χ3v) is 20.8. The van der Waals surface area contributed by atoms with Crippen molar-refractivity contribution < 1.29 is 0 Å². The van der Waals surface area contributed by atoms with Crippen LogP contribution in [-0.4, -0.2) is 0 Å². The standard InChI is InChI=1S/C61H112.8CH4/c1-39(17-15-19-51-26-45(7)28-53(36-51)55-30-46(8)29-54(37-55)52-20-16-18-40(2)27-52)21-41(3)22-42(4)23-43(5)24-49(11)38-61(13,14)60-35-48(10)34-59(60)58-33-47(9)32-57(58)56-31-44(6)25-50(56)12;;;;;;;;/h39-60H,15-38H2,1-14H3;8*1H4. The molecule has 0 aromatic rings. The van der Waals surface area contributed by atoms with Crippen LogP contribution in [0.3, 0.4) is 0 Å². The van der Waals surface area contributed by atoms with Gasteiger partial charge in [-0.05, 0) is 251 Å². The topological polar surface area (TPSA) is 0 Å². The van der Waals surface area contributed by atoms with Gasteiger partial charge in [0, 0.05) is 0 Å². The van der Waals surface area contributed by atoms with E-state index in [-0.39, 0.29) is 59.4 Å². The summed E-state index contributed by atoms with van der Waals surface area (Å²) in [5.41, 5.74) is 0.470. The zero-order chi connectivity index (χ0) is 44.2. The molecule has 0 radical (unpaired) electrons. The van der Waals surface area contributed by atoms with Gasteiger partial charge in [-0.25, -0.2) is 0 Å². The van der Waals surface area contributed by atoms with Gasteiger partial charge < -0.3 is 0 Å². The van der Waals surface area contributed by atoms with Crippen LogP contribution in [0.2, 0.25) is 0 Å². The molecule has 0 aromatic heterocycles. The quantitative estimate of drug-likeness (QED) is 0.121. The van der Waals surface area contributed by atoms with Crippen LogP contribution < -0.4 is 0 Å². The average Bonchev–Trinajstić information content (AvgIpc) is 3.85. The van der Waals surface area contributed by atoms with Crippen molar-refractivity contribution in [2.75, 3.05) is 0 Å². The molecular weight excluding hydrogens is 829 g/mol. The largest absolute Gasteiger partial charge is 0.0776 e. The molecule has 0 heteroatoms. The van der Waals surface area contributed by atoms with E-state index in [0.29, 0.717) is 5.41 Å². The van der Waals surface area contributed by atoms with Crippen LogP contribution in [0.1, 0.15) is 310 Å². The van der Waals surface area contributed by atoms with E-state index in [1.165, 1.54) is 109 Å². The van der Waals surface area contributed by atoms with Gasteiger partial charge in [0.1, 0.15) is 0 Å². The molecule has 0 bridgehead atoms. The van der Waals surface area contributed by atoms with E-state index in [4.69, 9.17) is 0 Å². The Bertz CT molecular complexity index is 1260. The maximum Gasteiger partial charge on any atom is -0.0321 e. The first kappa shape index (κ1) is 73.2. The summed E-state index contributed by atoms with van der Waals surface area (Å²) in [5.74, 6) is 21.2. The molecule has 0 N–H and O–H groups in total. The van der Waals surface area contributed by atoms with E-state index < -0.39 is 0 Å². The molecular formula is C69H144. The fourth-order valence-corrected chi connectivity index (χ4v) is 19.1. The highest BCUT2D eigenvalue weighted by Crippen LogP contribution is 2.60. The lowest BCUT2D eigenvalue weighted by Gasteiger charge is -2.45. The van der Waals surface area contributed by atoms with Gasteiger partial charge in [-0.3, -0.25) is 0 Å². The SMILES string of the molecule is C.C.C.C.C.C.C.C.CC(CCCC1CC(C)CC(C2CC(C)CC(C3CCCC(C)C3)C2)C1)CC(C)CC(C)CC(C)CC(C)CC(C)(C)C1CC(C)CC1C1CC(C)CC1C1CC(C)CC1C. The minimum absolute atomic E-state index is 0. The average molecular weight is 974 g/mol. The predicted octanol–water partition coefficient (Wildman–Crippen LogP) is 24.3. The molecule has 22 unspecified atom stereocenters. The first-order valence-corrected chi connectivity index (χ1v) is 28.8. The molecule has 0 nitrogen and oxygen atoms in total. The summed E-state index contributed by atoms with van der Waals surface area (Å²) in [7, 11) is 0. The Morgan fingerprint density at radius 1 is 0.377 bits per heavy atom. The van der Waals surface area contributed by atoms with Crippen molar-refractivity contribution in [1.29, 1.82) is 0 Å². The highest BCUT2D eigenvalue weighted by Gasteiger charge is 2.52. The summed E-state index contributed by atoms with van der Waals surface area (Å²) in [5, 5.41) is 0. The van der Waals surface area contributed by atoms with Gasteiger partial charge in [0.2, 0.25) is 0 Å². The molecule has 0 saturated heterocycles. The smallest absolute Gasteiger partial charge is 0.0321 e. The van der Waals surface area contributed by atoms with Crippen LogP contribution in [-0.2, 0) is 0 Å². The second-order valence-corrected chi connectivity index (χ2v) is 28.4. The molecule has 0 aliphatic heterocycles. The van der Waals surface area contributed by atoms with Crippen LogP contribution in [0.25, 0.3) is 0 Å². The Morgan fingerprint density at radius 2 is 0.797 bits per heavy atom. The van der Waals surface area contributed by atoms with Crippen molar-refractivity contribution in [1.82, 2.24) is 0 Å². The summed E-state index contributed by atoms with van der Waals surface area (Å²) in [6.45, 7) is 36.7. The van der Waals surface area contributed by atoms with E-state index in [1.807, 2.05) is 0 Å². The normalized spacial score (nSPS) is 38.8. The van der Waals surface area contributed by atoms with Gasteiger partial charge >= 0.3 is 0 Å². The molecule has 0 amide bonds. The van der Waals surface area contributed by atoms with Crippen LogP contribution >= 0.6 is 0 Å². The van der Waals surface area contributed by atoms with Gasteiger partial charge in [-0.1, -0.05) is 195 Å². The van der Waals surface area contributed by atoms with Crippen molar-refractivity contribution in [3.05, 3.63) is 0 Å². The highest BCUT2D eigenvalue weighted by molar-refractivity contribution is 5.01. The summed E-state index contributed by atoms with van der Waals surface area (Å²) in [6, 6.07) is 0. The number of hydrogen-bond acceptors (Lipinski definition) is 0. The summed E-state index contributed by atoms with van der Waals surface area (Å²) >= 11 is 0. The Balaban J connectivity index is -0.00000544. The van der Waals surface area contributed by atoms with Crippen molar-refractivity contribution in [3.63, 3.8) is 0 Å². The fourth-order valence-electron chi connectivity index (χ4n) is 19.1. The molecule has 6 rings (SSSR count). The van der Waals surface area contributed by atoms with Crippen molar-refractivity contribution in [2.24, 2.45) is 136 Å². The lowest BCUT2D eigenvalue weighted by atomic mass is 9.60. The second kappa shape index (κ2) is 33.1. The van der Waals surface area contributed by atoms with Gasteiger partial charge in [0.25, 0.3) is 0 Å². The molecule has 6 fully saturated rings. The fraction of sp³-hybridized carbons (Fsp3) is 1.00. The molecule has 0 heterocycles.